The SMILES string of the molecule is CCC1CC1NCC(NC(C)=O)C(=O)O. The van der Waals surface area contributed by atoms with Crippen molar-refractivity contribution in [2.45, 2.75) is 38.8 Å². The van der Waals surface area contributed by atoms with Gasteiger partial charge in [-0.25, -0.2) is 4.79 Å². The Morgan fingerprint density at radius 3 is 2.60 bits per heavy atom. The third-order valence-electron chi connectivity index (χ3n) is 2.71. The zero-order chi connectivity index (χ0) is 11.4. The molecular formula is C10H18N2O3. The second-order valence-corrected chi connectivity index (χ2v) is 4.01. The minimum absolute atomic E-state index is 0.302. The molecule has 1 aliphatic carbocycles. The fourth-order valence-corrected chi connectivity index (χ4v) is 1.66. The van der Waals surface area contributed by atoms with E-state index in [1.54, 1.807) is 0 Å². The second-order valence-electron chi connectivity index (χ2n) is 4.01. The van der Waals surface area contributed by atoms with E-state index in [0.29, 0.717) is 18.5 Å². The molecular weight excluding hydrogens is 196 g/mol. The molecule has 0 saturated heterocycles. The van der Waals surface area contributed by atoms with Crippen LogP contribution in [0.1, 0.15) is 26.7 Å². The van der Waals surface area contributed by atoms with Crippen molar-refractivity contribution in [3.8, 4) is 0 Å². The van der Waals surface area contributed by atoms with Crippen molar-refractivity contribution in [2.75, 3.05) is 6.54 Å². The maximum atomic E-state index is 10.8. The van der Waals surface area contributed by atoms with E-state index >= 15 is 0 Å². The third kappa shape index (κ3) is 3.87. The van der Waals surface area contributed by atoms with E-state index < -0.39 is 12.0 Å². The minimum Gasteiger partial charge on any atom is -0.480 e. The van der Waals surface area contributed by atoms with E-state index in [-0.39, 0.29) is 5.91 Å². The minimum atomic E-state index is -0.994. The van der Waals surface area contributed by atoms with Gasteiger partial charge in [-0.05, 0) is 12.3 Å². The Morgan fingerprint density at radius 1 is 1.53 bits per heavy atom. The molecule has 3 N–H and O–H groups in total. The van der Waals surface area contributed by atoms with Gasteiger partial charge in [0, 0.05) is 19.5 Å². The zero-order valence-electron chi connectivity index (χ0n) is 9.12. The number of hydrogen-bond donors (Lipinski definition) is 3. The van der Waals surface area contributed by atoms with Gasteiger partial charge in [-0.3, -0.25) is 4.79 Å². The van der Waals surface area contributed by atoms with Crippen molar-refractivity contribution in [2.24, 2.45) is 5.92 Å². The molecule has 1 rings (SSSR count). The first kappa shape index (κ1) is 12.0. The highest BCUT2D eigenvalue weighted by Gasteiger charge is 2.35. The first-order valence-electron chi connectivity index (χ1n) is 5.27. The first-order valence-corrected chi connectivity index (χ1v) is 5.27. The molecule has 3 atom stereocenters. The molecule has 5 heteroatoms. The highest BCUT2D eigenvalue weighted by molar-refractivity contribution is 5.82. The smallest absolute Gasteiger partial charge is 0.327 e. The van der Waals surface area contributed by atoms with Gasteiger partial charge < -0.3 is 15.7 Å². The maximum Gasteiger partial charge on any atom is 0.327 e. The Labute approximate surface area is 89.2 Å². The summed E-state index contributed by atoms with van der Waals surface area (Å²) in [5.74, 6) is -0.629. The van der Waals surface area contributed by atoms with Crippen molar-refractivity contribution >= 4 is 11.9 Å². The number of hydrogen-bond acceptors (Lipinski definition) is 3. The number of carbonyl (C=O) groups excluding carboxylic acids is 1. The maximum absolute atomic E-state index is 10.8. The van der Waals surface area contributed by atoms with Crippen LogP contribution >= 0.6 is 0 Å². The lowest BCUT2D eigenvalue weighted by Crippen LogP contribution is -2.47. The lowest BCUT2D eigenvalue weighted by Gasteiger charge is -2.13. The normalized spacial score (nSPS) is 25.7. The van der Waals surface area contributed by atoms with Gasteiger partial charge in [-0.2, -0.15) is 0 Å². The average molecular weight is 214 g/mol. The van der Waals surface area contributed by atoms with Crippen LogP contribution in [-0.4, -0.2) is 35.6 Å². The molecule has 1 amide bonds. The van der Waals surface area contributed by atoms with Gasteiger partial charge in [-0.15, -0.1) is 0 Å². The number of aliphatic carboxylic acids is 1. The number of carbonyl (C=O) groups is 2. The number of amides is 1. The van der Waals surface area contributed by atoms with Gasteiger partial charge in [0.1, 0.15) is 6.04 Å². The van der Waals surface area contributed by atoms with E-state index in [2.05, 4.69) is 17.6 Å². The number of carboxylic acids is 1. The van der Waals surface area contributed by atoms with Crippen LogP contribution in [-0.2, 0) is 9.59 Å². The second kappa shape index (κ2) is 5.11. The summed E-state index contributed by atoms with van der Waals surface area (Å²) in [4.78, 5) is 21.5. The lowest BCUT2D eigenvalue weighted by molar-refractivity contribution is -0.141. The van der Waals surface area contributed by atoms with E-state index in [4.69, 9.17) is 5.11 Å². The predicted octanol–water partition coefficient (Wildman–Crippen LogP) is -0.0362. The molecule has 0 aromatic heterocycles. The largest absolute Gasteiger partial charge is 0.480 e. The van der Waals surface area contributed by atoms with E-state index in [1.807, 2.05) is 0 Å². The molecule has 0 radical (unpaired) electrons. The molecule has 5 nitrogen and oxygen atoms in total. The van der Waals surface area contributed by atoms with Gasteiger partial charge >= 0.3 is 5.97 Å². The van der Waals surface area contributed by atoms with Gasteiger partial charge in [0.2, 0.25) is 5.91 Å². The highest BCUT2D eigenvalue weighted by atomic mass is 16.4. The van der Waals surface area contributed by atoms with Gasteiger partial charge in [0.05, 0.1) is 0 Å². The van der Waals surface area contributed by atoms with Crippen LogP contribution < -0.4 is 10.6 Å². The molecule has 86 valence electrons. The molecule has 0 spiro atoms. The molecule has 0 bridgehead atoms. The van der Waals surface area contributed by atoms with Crippen LogP contribution in [0.2, 0.25) is 0 Å². The number of nitrogens with one attached hydrogen (secondary N) is 2. The van der Waals surface area contributed by atoms with Gasteiger partial charge in [0.25, 0.3) is 0 Å². The van der Waals surface area contributed by atoms with Crippen LogP contribution in [0.25, 0.3) is 0 Å². The summed E-state index contributed by atoms with van der Waals surface area (Å²) in [6, 6.07) is -0.383. The average Bonchev–Trinajstić information content (AvgIpc) is 2.89. The monoisotopic (exact) mass is 214 g/mol. The van der Waals surface area contributed by atoms with Crippen LogP contribution in [0, 0.1) is 5.92 Å². The van der Waals surface area contributed by atoms with Crippen molar-refractivity contribution in [3.05, 3.63) is 0 Å². The van der Waals surface area contributed by atoms with Crippen LogP contribution in [0.15, 0.2) is 0 Å². The Kier molecular flexibility index (Phi) is 4.08. The molecule has 0 aromatic carbocycles. The summed E-state index contributed by atoms with van der Waals surface area (Å²) < 4.78 is 0. The summed E-state index contributed by atoms with van der Waals surface area (Å²) in [6.45, 7) is 3.74. The molecule has 1 saturated carbocycles. The van der Waals surface area contributed by atoms with Crippen LogP contribution in [0.5, 0.6) is 0 Å². The van der Waals surface area contributed by atoms with E-state index in [1.165, 1.54) is 6.92 Å². The highest BCUT2D eigenvalue weighted by Crippen LogP contribution is 2.32. The van der Waals surface area contributed by atoms with Gasteiger partial charge in [-0.1, -0.05) is 13.3 Å². The Morgan fingerprint density at radius 2 is 2.20 bits per heavy atom. The Bertz CT molecular complexity index is 255. The van der Waals surface area contributed by atoms with Crippen LogP contribution in [0.4, 0.5) is 0 Å². The van der Waals surface area contributed by atoms with Crippen LogP contribution in [0.3, 0.4) is 0 Å². The molecule has 0 aliphatic heterocycles. The Balaban J connectivity index is 2.26. The van der Waals surface area contributed by atoms with Crippen molar-refractivity contribution in [1.29, 1.82) is 0 Å². The van der Waals surface area contributed by atoms with Crippen molar-refractivity contribution < 1.29 is 14.7 Å². The molecule has 0 aromatic rings. The standard InChI is InChI=1S/C10H18N2O3/c1-3-7-4-8(7)11-5-9(10(14)15)12-6(2)13/h7-9,11H,3-5H2,1-2H3,(H,12,13)(H,14,15). The molecule has 3 unspecified atom stereocenters. The molecule has 0 heterocycles. The molecule has 1 fully saturated rings. The van der Waals surface area contributed by atoms with Gasteiger partial charge in [0.15, 0.2) is 0 Å². The third-order valence-corrected chi connectivity index (χ3v) is 2.71. The predicted molar refractivity (Wildman–Crippen MR) is 55.4 cm³/mol. The summed E-state index contributed by atoms with van der Waals surface area (Å²) in [5.41, 5.74) is 0. The van der Waals surface area contributed by atoms with Crippen molar-refractivity contribution in [1.82, 2.24) is 10.6 Å². The number of rotatable bonds is 6. The first-order chi connectivity index (χ1) is 7.04. The zero-order valence-corrected chi connectivity index (χ0v) is 9.12. The summed E-state index contributed by atoms with van der Waals surface area (Å²) >= 11 is 0. The van der Waals surface area contributed by atoms with E-state index in [0.717, 1.165) is 12.8 Å². The number of carboxylic acid groups (broad SMARTS) is 1. The Hall–Kier alpha value is -1.10. The lowest BCUT2D eigenvalue weighted by atomic mass is 10.2. The topological polar surface area (TPSA) is 78.4 Å². The van der Waals surface area contributed by atoms with Crippen molar-refractivity contribution in [3.63, 3.8) is 0 Å². The summed E-state index contributed by atoms with van der Waals surface area (Å²) in [6.07, 6.45) is 2.23. The fraction of sp³-hybridized carbons (Fsp3) is 0.800. The fourth-order valence-electron chi connectivity index (χ4n) is 1.66. The van der Waals surface area contributed by atoms with E-state index in [9.17, 15) is 9.59 Å². The summed E-state index contributed by atoms with van der Waals surface area (Å²) in [7, 11) is 0. The molecule has 15 heavy (non-hydrogen) atoms. The molecule has 1 aliphatic rings. The quantitative estimate of drug-likeness (QED) is 0.580. The summed E-state index contributed by atoms with van der Waals surface area (Å²) in [5, 5.41) is 14.4.